The second kappa shape index (κ2) is 6.87. The molecule has 1 rings (SSSR count). The largest absolute Gasteiger partial charge is 0.497 e. The molecule has 4 heteroatoms. The van der Waals surface area contributed by atoms with E-state index in [2.05, 4.69) is 11.4 Å². The van der Waals surface area contributed by atoms with Crippen molar-refractivity contribution in [3.05, 3.63) is 24.3 Å². The molecule has 0 saturated heterocycles. The minimum Gasteiger partial charge on any atom is -0.497 e. The summed E-state index contributed by atoms with van der Waals surface area (Å²) in [5.74, 6) is 0.824. The van der Waals surface area contributed by atoms with Gasteiger partial charge >= 0.3 is 0 Å². The van der Waals surface area contributed by atoms with Gasteiger partial charge in [-0.1, -0.05) is 6.07 Å². The lowest BCUT2D eigenvalue weighted by atomic mass is 10.2. The Bertz CT molecular complexity index is 412. The van der Waals surface area contributed by atoms with Crippen molar-refractivity contribution in [3.63, 3.8) is 0 Å². The SMILES string of the molecule is COc1cccc(N(C)CC(C#N)NC(C)C)c1. The summed E-state index contributed by atoms with van der Waals surface area (Å²) in [5.41, 5.74) is 1.04. The highest BCUT2D eigenvalue weighted by Gasteiger charge is 2.12. The van der Waals surface area contributed by atoms with E-state index in [0.29, 0.717) is 12.6 Å². The molecule has 1 N–H and O–H groups in total. The molecule has 1 aromatic rings. The van der Waals surface area contributed by atoms with Gasteiger partial charge in [0.15, 0.2) is 0 Å². The van der Waals surface area contributed by atoms with Crippen LogP contribution in [0.4, 0.5) is 5.69 Å². The third-order valence-corrected chi connectivity index (χ3v) is 2.64. The molecular formula is C14H21N3O. The molecule has 98 valence electrons. The van der Waals surface area contributed by atoms with E-state index in [9.17, 15) is 0 Å². The third kappa shape index (κ3) is 4.27. The van der Waals surface area contributed by atoms with E-state index in [0.717, 1.165) is 11.4 Å². The number of nitriles is 1. The predicted octanol–water partition coefficient (Wildman–Crippen LogP) is 2.02. The lowest BCUT2D eigenvalue weighted by molar-refractivity contribution is 0.414. The molecule has 1 atom stereocenters. The smallest absolute Gasteiger partial charge is 0.120 e. The summed E-state index contributed by atoms with van der Waals surface area (Å²) >= 11 is 0. The van der Waals surface area contributed by atoms with Crippen LogP contribution in [0.25, 0.3) is 0 Å². The van der Waals surface area contributed by atoms with E-state index in [-0.39, 0.29) is 6.04 Å². The number of nitrogens with zero attached hydrogens (tertiary/aromatic N) is 2. The fourth-order valence-corrected chi connectivity index (χ4v) is 1.76. The highest BCUT2D eigenvalue weighted by Crippen LogP contribution is 2.19. The maximum absolute atomic E-state index is 9.11. The van der Waals surface area contributed by atoms with Gasteiger partial charge in [-0.3, -0.25) is 5.32 Å². The molecule has 4 nitrogen and oxygen atoms in total. The summed E-state index contributed by atoms with van der Waals surface area (Å²) in [7, 11) is 3.62. The molecule has 0 aromatic heterocycles. The van der Waals surface area contributed by atoms with Crippen LogP contribution in [0, 0.1) is 11.3 Å². The molecule has 0 fully saturated rings. The number of hydrogen-bond donors (Lipinski definition) is 1. The minimum absolute atomic E-state index is 0.179. The first-order chi connectivity index (χ1) is 8.56. The van der Waals surface area contributed by atoms with Crippen LogP contribution in [-0.4, -0.2) is 32.8 Å². The van der Waals surface area contributed by atoms with Gasteiger partial charge < -0.3 is 9.64 Å². The van der Waals surface area contributed by atoms with Gasteiger partial charge in [-0.25, -0.2) is 0 Å². The number of likely N-dealkylation sites (N-methyl/N-ethyl adjacent to an activating group) is 1. The van der Waals surface area contributed by atoms with E-state index in [1.54, 1.807) is 7.11 Å². The Morgan fingerprint density at radius 2 is 2.17 bits per heavy atom. The van der Waals surface area contributed by atoms with Crippen LogP contribution < -0.4 is 15.0 Å². The van der Waals surface area contributed by atoms with Crippen LogP contribution in [-0.2, 0) is 0 Å². The first-order valence-corrected chi connectivity index (χ1v) is 6.07. The van der Waals surface area contributed by atoms with Crippen LogP contribution in [0.3, 0.4) is 0 Å². The first-order valence-electron chi connectivity index (χ1n) is 6.07. The van der Waals surface area contributed by atoms with Gasteiger partial charge in [-0.05, 0) is 26.0 Å². The summed E-state index contributed by atoms with van der Waals surface area (Å²) in [6.07, 6.45) is 0. The number of anilines is 1. The Balaban J connectivity index is 2.68. The van der Waals surface area contributed by atoms with Crippen molar-refractivity contribution in [1.82, 2.24) is 5.32 Å². The summed E-state index contributed by atoms with van der Waals surface area (Å²) < 4.78 is 5.19. The highest BCUT2D eigenvalue weighted by molar-refractivity contribution is 5.50. The summed E-state index contributed by atoms with van der Waals surface area (Å²) in [6, 6.07) is 10.2. The summed E-state index contributed by atoms with van der Waals surface area (Å²) in [5, 5.41) is 12.3. The van der Waals surface area contributed by atoms with Crippen molar-refractivity contribution in [2.24, 2.45) is 0 Å². The number of hydrogen-bond acceptors (Lipinski definition) is 4. The summed E-state index contributed by atoms with van der Waals surface area (Å²) in [6.45, 7) is 4.72. The van der Waals surface area contributed by atoms with Crippen molar-refractivity contribution in [2.75, 3.05) is 25.6 Å². The zero-order valence-electron chi connectivity index (χ0n) is 11.5. The van der Waals surface area contributed by atoms with Gasteiger partial charge in [0.05, 0.1) is 13.2 Å². The predicted molar refractivity (Wildman–Crippen MR) is 73.9 cm³/mol. The Hall–Kier alpha value is -1.73. The zero-order valence-corrected chi connectivity index (χ0v) is 11.5. The number of rotatable bonds is 6. The number of benzene rings is 1. The van der Waals surface area contributed by atoms with Crippen molar-refractivity contribution < 1.29 is 4.74 Å². The Morgan fingerprint density at radius 3 is 2.72 bits per heavy atom. The van der Waals surface area contributed by atoms with Gasteiger partial charge in [0.1, 0.15) is 11.8 Å². The standard InChI is InChI=1S/C14H21N3O/c1-11(2)16-12(9-15)10-17(3)13-6-5-7-14(8-13)18-4/h5-8,11-12,16H,10H2,1-4H3. The molecule has 0 spiro atoms. The monoisotopic (exact) mass is 247 g/mol. The lowest BCUT2D eigenvalue weighted by Gasteiger charge is -2.24. The molecule has 0 saturated carbocycles. The Kier molecular flexibility index (Phi) is 5.47. The van der Waals surface area contributed by atoms with Gasteiger partial charge in [0.25, 0.3) is 0 Å². The fraction of sp³-hybridized carbons (Fsp3) is 0.500. The van der Waals surface area contributed by atoms with E-state index < -0.39 is 0 Å². The molecular weight excluding hydrogens is 226 g/mol. The van der Waals surface area contributed by atoms with Gasteiger partial charge in [0, 0.05) is 31.4 Å². The fourth-order valence-electron chi connectivity index (χ4n) is 1.76. The van der Waals surface area contributed by atoms with E-state index in [1.807, 2.05) is 50.1 Å². The average molecular weight is 247 g/mol. The van der Waals surface area contributed by atoms with Crippen LogP contribution in [0.1, 0.15) is 13.8 Å². The quantitative estimate of drug-likeness (QED) is 0.835. The van der Waals surface area contributed by atoms with E-state index in [4.69, 9.17) is 10.00 Å². The molecule has 1 aromatic carbocycles. The molecule has 0 bridgehead atoms. The van der Waals surface area contributed by atoms with Gasteiger partial charge in [0.2, 0.25) is 0 Å². The van der Waals surface area contributed by atoms with Crippen molar-refractivity contribution in [1.29, 1.82) is 5.26 Å². The average Bonchev–Trinajstić information content (AvgIpc) is 2.37. The maximum atomic E-state index is 9.11. The van der Waals surface area contributed by atoms with Crippen LogP contribution in [0.5, 0.6) is 5.75 Å². The number of nitrogens with one attached hydrogen (secondary N) is 1. The number of ether oxygens (including phenoxy) is 1. The first kappa shape index (κ1) is 14.3. The highest BCUT2D eigenvalue weighted by atomic mass is 16.5. The minimum atomic E-state index is -0.179. The van der Waals surface area contributed by atoms with Gasteiger partial charge in [-0.2, -0.15) is 5.26 Å². The van der Waals surface area contributed by atoms with Gasteiger partial charge in [-0.15, -0.1) is 0 Å². The number of methoxy groups -OCH3 is 1. The van der Waals surface area contributed by atoms with Crippen molar-refractivity contribution in [2.45, 2.75) is 25.9 Å². The molecule has 0 amide bonds. The normalized spacial score (nSPS) is 12.0. The third-order valence-electron chi connectivity index (χ3n) is 2.64. The van der Waals surface area contributed by atoms with Crippen LogP contribution in [0.15, 0.2) is 24.3 Å². The van der Waals surface area contributed by atoms with Crippen molar-refractivity contribution in [3.8, 4) is 11.8 Å². The van der Waals surface area contributed by atoms with E-state index in [1.165, 1.54) is 0 Å². The van der Waals surface area contributed by atoms with E-state index >= 15 is 0 Å². The lowest BCUT2D eigenvalue weighted by Crippen LogP contribution is -2.41. The molecule has 0 aliphatic rings. The molecule has 0 aliphatic heterocycles. The molecule has 1 unspecified atom stereocenters. The Labute approximate surface area is 109 Å². The molecule has 0 radical (unpaired) electrons. The maximum Gasteiger partial charge on any atom is 0.120 e. The second-order valence-electron chi connectivity index (χ2n) is 4.59. The second-order valence-corrected chi connectivity index (χ2v) is 4.59. The molecule has 18 heavy (non-hydrogen) atoms. The van der Waals surface area contributed by atoms with Crippen molar-refractivity contribution >= 4 is 5.69 Å². The molecule has 0 heterocycles. The van der Waals surface area contributed by atoms with Crippen LogP contribution in [0.2, 0.25) is 0 Å². The molecule has 0 aliphatic carbocycles. The summed E-state index contributed by atoms with van der Waals surface area (Å²) in [4.78, 5) is 2.05. The topological polar surface area (TPSA) is 48.3 Å². The Morgan fingerprint density at radius 1 is 1.44 bits per heavy atom. The van der Waals surface area contributed by atoms with Crippen LogP contribution >= 0.6 is 0 Å². The zero-order chi connectivity index (χ0) is 13.5.